The Hall–Kier alpha value is -1.24. The standard InChI is InChI=1S/C14H17NO4S/c16-11-14(12(17)20-11)6-10(7-14)15(13(18)19)8-9-4-2-1-3-5-9/h1-5,10-12,16-17H,6-8H2,(H,18,19). The Morgan fingerprint density at radius 2 is 1.85 bits per heavy atom. The van der Waals surface area contributed by atoms with Crippen molar-refractivity contribution in [2.75, 3.05) is 0 Å². The normalized spacial score (nSPS) is 35.2. The third kappa shape index (κ3) is 2.08. The van der Waals surface area contributed by atoms with E-state index in [0.717, 1.165) is 17.3 Å². The minimum Gasteiger partial charge on any atom is -0.465 e. The lowest BCUT2D eigenvalue weighted by atomic mass is 9.64. The fourth-order valence-electron chi connectivity index (χ4n) is 3.02. The lowest BCUT2D eigenvalue weighted by Gasteiger charge is -2.60. The first-order valence-electron chi connectivity index (χ1n) is 6.58. The van der Waals surface area contributed by atoms with Crippen LogP contribution in [0.5, 0.6) is 0 Å². The van der Waals surface area contributed by atoms with E-state index >= 15 is 0 Å². The van der Waals surface area contributed by atoms with E-state index in [0.29, 0.717) is 19.4 Å². The number of amides is 1. The summed E-state index contributed by atoms with van der Waals surface area (Å²) in [7, 11) is 0. The first-order valence-corrected chi connectivity index (χ1v) is 7.52. The maximum absolute atomic E-state index is 11.4. The molecule has 0 bridgehead atoms. The van der Waals surface area contributed by atoms with Gasteiger partial charge in [-0.2, -0.15) is 0 Å². The summed E-state index contributed by atoms with van der Waals surface area (Å²) in [5.74, 6) is 0. The highest BCUT2D eigenvalue weighted by atomic mass is 32.2. The molecule has 6 heteroatoms. The molecule has 2 fully saturated rings. The molecule has 1 aliphatic heterocycles. The number of benzene rings is 1. The highest BCUT2D eigenvalue weighted by molar-refractivity contribution is 8.01. The van der Waals surface area contributed by atoms with Crippen LogP contribution in [0.3, 0.4) is 0 Å². The van der Waals surface area contributed by atoms with Crippen molar-refractivity contribution >= 4 is 17.9 Å². The van der Waals surface area contributed by atoms with E-state index in [1.54, 1.807) is 0 Å². The van der Waals surface area contributed by atoms with Gasteiger partial charge in [0, 0.05) is 18.0 Å². The third-order valence-corrected chi connectivity index (χ3v) is 5.81. The summed E-state index contributed by atoms with van der Waals surface area (Å²) >= 11 is 1.14. The van der Waals surface area contributed by atoms with Crippen LogP contribution in [0.25, 0.3) is 0 Å². The van der Waals surface area contributed by atoms with E-state index in [4.69, 9.17) is 0 Å². The Morgan fingerprint density at radius 1 is 1.25 bits per heavy atom. The Labute approximate surface area is 121 Å². The van der Waals surface area contributed by atoms with Crippen molar-refractivity contribution in [3.63, 3.8) is 0 Å². The van der Waals surface area contributed by atoms with Gasteiger partial charge in [0.05, 0.1) is 0 Å². The number of aliphatic hydroxyl groups is 2. The zero-order chi connectivity index (χ0) is 14.3. The maximum Gasteiger partial charge on any atom is 0.407 e. The SMILES string of the molecule is O=C(O)N(Cc1ccccc1)C1CC2(C1)C(O)SC2O. The summed E-state index contributed by atoms with van der Waals surface area (Å²) in [6.45, 7) is 0.344. The van der Waals surface area contributed by atoms with Crippen LogP contribution in [0.2, 0.25) is 0 Å². The molecular formula is C14H17NO4S. The fourth-order valence-corrected chi connectivity index (χ4v) is 4.22. The van der Waals surface area contributed by atoms with Crippen molar-refractivity contribution in [2.45, 2.75) is 36.3 Å². The molecule has 1 saturated heterocycles. The molecule has 1 spiro atoms. The summed E-state index contributed by atoms with van der Waals surface area (Å²) in [6, 6.07) is 9.32. The zero-order valence-corrected chi connectivity index (χ0v) is 11.7. The molecule has 2 atom stereocenters. The average molecular weight is 295 g/mol. The number of thioether (sulfide) groups is 1. The second kappa shape index (κ2) is 4.95. The van der Waals surface area contributed by atoms with Crippen LogP contribution in [0.1, 0.15) is 18.4 Å². The summed E-state index contributed by atoms with van der Waals surface area (Å²) in [4.78, 5) is 12.8. The molecule has 108 valence electrons. The highest BCUT2D eigenvalue weighted by Gasteiger charge is 2.63. The monoisotopic (exact) mass is 295 g/mol. The third-order valence-electron chi connectivity index (χ3n) is 4.35. The molecule has 3 N–H and O–H groups in total. The number of carbonyl (C=O) groups is 1. The molecule has 3 rings (SSSR count). The number of carboxylic acid groups (broad SMARTS) is 1. The van der Waals surface area contributed by atoms with Gasteiger partial charge in [0.25, 0.3) is 0 Å². The van der Waals surface area contributed by atoms with Crippen molar-refractivity contribution < 1.29 is 20.1 Å². The van der Waals surface area contributed by atoms with Gasteiger partial charge in [-0.3, -0.25) is 0 Å². The maximum atomic E-state index is 11.4. The summed E-state index contributed by atoms with van der Waals surface area (Å²) in [5.41, 5.74) is -0.679. The topological polar surface area (TPSA) is 81.0 Å². The van der Waals surface area contributed by atoms with E-state index < -0.39 is 22.4 Å². The van der Waals surface area contributed by atoms with Crippen LogP contribution in [0, 0.1) is 5.41 Å². The number of nitrogens with zero attached hydrogens (tertiary/aromatic N) is 1. The molecule has 1 saturated carbocycles. The Balaban J connectivity index is 1.67. The van der Waals surface area contributed by atoms with Gasteiger partial charge in [-0.1, -0.05) is 42.1 Å². The summed E-state index contributed by atoms with van der Waals surface area (Å²) < 4.78 is 0. The van der Waals surface area contributed by atoms with E-state index in [1.807, 2.05) is 30.3 Å². The lowest BCUT2D eigenvalue weighted by Crippen LogP contribution is -2.65. The second-order valence-corrected chi connectivity index (χ2v) is 6.70. The Kier molecular flexibility index (Phi) is 3.40. The molecule has 0 aromatic heterocycles. The predicted molar refractivity (Wildman–Crippen MR) is 75.1 cm³/mol. The van der Waals surface area contributed by atoms with Crippen molar-refractivity contribution in [3.8, 4) is 0 Å². The molecule has 20 heavy (non-hydrogen) atoms. The smallest absolute Gasteiger partial charge is 0.407 e. The first kappa shape index (κ1) is 13.7. The van der Waals surface area contributed by atoms with Gasteiger partial charge in [0.15, 0.2) is 0 Å². The molecule has 1 aliphatic carbocycles. The van der Waals surface area contributed by atoms with Gasteiger partial charge in [-0.25, -0.2) is 4.79 Å². The second-order valence-electron chi connectivity index (χ2n) is 5.53. The molecular weight excluding hydrogens is 278 g/mol. The number of rotatable bonds is 3. The van der Waals surface area contributed by atoms with E-state index in [9.17, 15) is 20.1 Å². The summed E-state index contributed by atoms with van der Waals surface area (Å²) in [5, 5.41) is 28.9. The van der Waals surface area contributed by atoms with Gasteiger partial charge in [-0.15, -0.1) is 0 Å². The van der Waals surface area contributed by atoms with Crippen molar-refractivity contribution in [3.05, 3.63) is 35.9 Å². The molecule has 0 radical (unpaired) electrons. The molecule has 2 unspecified atom stereocenters. The van der Waals surface area contributed by atoms with Crippen molar-refractivity contribution in [2.24, 2.45) is 5.41 Å². The van der Waals surface area contributed by atoms with E-state index in [1.165, 1.54) is 4.90 Å². The first-order chi connectivity index (χ1) is 9.53. The Morgan fingerprint density at radius 3 is 2.35 bits per heavy atom. The Bertz CT molecular complexity index is 493. The van der Waals surface area contributed by atoms with Crippen molar-refractivity contribution in [1.82, 2.24) is 4.90 Å². The van der Waals surface area contributed by atoms with Gasteiger partial charge in [0.2, 0.25) is 0 Å². The minimum atomic E-state index is -0.954. The molecule has 1 aromatic carbocycles. The van der Waals surface area contributed by atoms with E-state index in [2.05, 4.69) is 0 Å². The molecule has 1 aromatic rings. The van der Waals surface area contributed by atoms with Crippen LogP contribution in [-0.4, -0.2) is 43.2 Å². The van der Waals surface area contributed by atoms with Gasteiger partial charge in [-0.05, 0) is 18.4 Å². The van der Waals surface area contributed by atoms with Crippen LogP contribution >= 0.6 is 11.8 Å². The van der Waals surface area contributed by atoms with Gasteiger partial charge < -0.3 is 20.2 Å². The highest BCUT2D eigenvalue weighted by Crippen LogP contribution is 2.62. The predicted octanol–water partition coefficient (Wildman–Crippen LogP) is 1.70. The minimum absolute atomic E-state index is 0.127. The average Bonchev–Trinajstić information content (AvgIpc) is 2.37. The quantitative estimate of drug-likeness (QED) is 0.791. The lowest BCUT2D eigenvalue weighted by molar-refractivity contribution is -0.114. The van der Waals surface area contributed by atoms with Crippen LogP contribution < -0.4 is 0 Å². The van der Waals surface area contributed by atoms with E-state index in [-0.39, 0.29) is 6.04 Å². The van der Waals surface area contributed by atoms with Crippen molar-refractivity contribution in [1.29, 1.82) is 0 Å². The van der Waals surface area contributed by atoms with Gasteiger partial charge >= 0.3 is 6.09 Å². The molecule has 5 nitrogen and oxygen atoms in total. The van der Waals surface area contributed by atoms with Crippen LogP contribution in [-0.2, 0) is 6.54 Å². The number of hydrogen-bond acceptors (Lipinski definition) is 4. The number of aliphatic hydroxyl groups excluding tert-OH is 2. The molecule has 2 aliphatic rings. The van der Waals surface area contributed by atoms with Gasteiger partial charge in [0.1, 0.15) is 10.9 Å². The zero-order valence-electron chi connectivity index (χ0n) is 10.8. The fraction of sp³-hybridized carbons (Fsp3) is 0.500. The molecule has 1 amide bonds. The largest absolute Gasteiger partial charge is 0.465 e. The summed E-state index contributed by atoms with van der Waals surface area (Å²) in [6.07, 6.45) is 0.104. The number of hydrogen-bond donors (Lipinski definition) is 3. The van der Waals surface area contributed by atoms with Crippen LogP contribution in [0.4, 0.5) is 4.79 Å². The molecule has 1 heterocycles. The van der Waals surface area contributed by atoms with Crippen LogP contribution in [0.15, 0.2) is 30.3 Å².